The first-order valence-corrected chi connectivity index (χ1v) is 6.48. The molecule has 4 nitrogen and oxygen atoms in total. The minimum absolute atomic E-state index is 0.0169. The van der Waals surface area contributed by atoms with E-state index in [2.05, 4.69) is 0 Å². The van der Waals surface area contributed by atoms with E-state index < -0.39 is 0 Å². The summed E-state index contributed by atoms with van der Waals surface area (Å²) >= 11 is 5.63. The lowest BCUT2D eigenvalue weighted by molar-refractivity contribution is -0.124. The van der Waals surface area contributed by atoms with Crippen LogP contribution in [-0.4, -0.2) is 37.8 Å². The van der Waals surface area contributed by atoms with E-state index >= 15 is 0 Å². The molecule has 0 radical (unpaired) electrons. The van der Waals surface area contributed by atoms with E-state index in [4.69, 9.17) is 16.3 Å². The number of ether oxygens (including phenoxy) is 1. The lowest BCUT2D eigenvalue weighted by atomic mass is 10.1. The molecule has 1 aromatic rings. The largest absolute Gasteiger partial charge is 0.377 e. The summed E-state index contributed by atoms with van der Waals surface area (Å²) in [5, 5.41) is 0. The second-order valence-corrected chi connectivity index (χ2v) is 4.59. The third-order valence-electron chi connectivity index (χ3n) is 2.76. The van der Waals surface area contributed by atoms with Gasteiger partial charge in [0.15, 0.2) is 5.78 Å². The Hall–Kier alpha value is -1.39. The average Bonchev–Trinajstić information content (AvgIpc) is 2.36. The van der Waals surface area contributed by atoms with E-state index in [0.29, 0.717) is 0 Å². The standard InChI is InChI=1S/C14H18ClNO3/c1-10-5-4-6-11(2)14(10)16(13(18)7-15)8-12(17)9-19-3/h4-6H,7-9H2,1-3H3. The van der Waals surface area contributed by atoms with Crippen LogP contribution in [0, 0.1) is 13.8 Å². The van der Waals surface area contributed by atoms with Gasteiger partial charge in [-0.05, 0) is 25.0 Å². The number of nitrogens with zero attached hydrogens (tertiary/aromatic N) is 1. The fourth-order valence-electron chi connectivity index (χ4n) is 1.98. The zero-order valence-electron chi connectivity index (χ0n) is 11.4. The number of carbonyl (C=O) groups excluding carboxylic acids is 2. The fourth-order valence-corrected chi connectivity index (χ4v) is 2.12. The van der Waals surface area contributed by atoms with Crippen LogP contribution >= 0.6 is 11.6 Å². The maximum atomic E-state index is 12.0. The fraction of sp³-hybridized carbons (Fsp3) is 0.429. The first-order chi connectivity index (χ1) is 9.01. The average molecular weight is 284 g/mol. The van der Waals surface area contributed by atoms with Crippen molar-refractivity contribution in [2.45, 2.75) is 13.8 Å². The SMILES string of the molecule is COCC(=O)CN(C(=O)CCl)c1c(C)cccc1C. The number of ketones is 1. The number of anilines is 1. The topological polar surface area (TPSA) is 46.6 Å². The number of methoxy groups -OCH3 is 1. The van der Waals surface area contributed by atoms with Crippen molar-refractivity contribution in [1.82, 2.24) is 0 Å². The summed E-state index contributed by atoms with van der Waals surface area (Å²) in [5.74, 6) is -0.610. The molecule has 5 heteroatoms. The predicted molar refractivity (Wildman–Crippen MR) is 75.9 cm³/mol. The highest BCUT2D eigenvalue weighted by Crippen LogP contribution is 2.24. The summed E-state index contributed by atoms with van der Waals surface area (Å²) in [6.07, 6.45) is 0. The minimum Gasteiger partial charge on any atom is -0.377 e. The number of alkyl halides is 1. The Balaban J connectivity index is 3.10. The predicted octanol–water partition coefficient (Wildman–Crippen LogP) is 2.09. The molecule has 1 amide bonds. The molecule has 1 rings (SSSR count). The van der Waals surface area contributed by atoms with Gasteiger partial charge in [-0.15, -0.1) is 11.6 Å². The van der Waals surface area contributed by atoms with Crippen LogP contribution in [0.15, 0.2) is 18.2 Å². The summed E-state index contributed by atoms with van der Waals surface area (Å²) < 4.78 is 4.79. The highest BCUT2D eigenvalue weighted by Gasteiger charge is 2.21. The number of carbonyl (C=O) groups is 2. The maximum absolute atomic E-state index is 12.0. The molecule has 0 aliphatic heterocycles. The molecule has 0 saturated heterocycles. The van der Waals surface area contributed by atoms with Crippen LogP contribution < -0.4 is 4.90 Å². The monoisotopic (exact) mass is 283 g/mol. The number of hydrogen-bond acceptors (Lipinski definition) is 3. The Kier molecular flexibility index (Phi) is 5.99. The number of halogens is 1. The van der Waals surface area contributed by atoms with Crippen LogP contribution in [0.4, 0.5) is 5.69 Å². The molecule has 0 bridgehead atoms. The highest BCUT2D eigenvalue weighted by molar-refractivity contribution is 6.29. The van der Waals surface area contributed by atoms with E-state index in [1.165, 1.54) is 12.0 Å². The third-order valence-corrected chi connectivity index (χ3v) is 2.99. The van der Waals surface area contributed by atoms with Gasteiger partial charge in [0.05, 0.1) is 6.54 Å². The van der Waals surface area contributed by atoms with Crippen LogP contribution in [0.5, 0.6) is 0 Å². The highest BCUT2D eigenvalue weighted by atomic mass is 35.5. The quantitative estimate of drug-likeness (QED) is 0.751. The molecule has 0 aromatic heterocycles. The van der Waals surface area contributed by atoms with Crippen molar-refractivity contribution in [3.05, 3.63) is 29.3 Å². The van der Waals surface area contributed by atoms with Gasteiger partial charge in [0, 0.05) is 12.8 Å². The molecule has 0 spiro atoms. The van der Waals surface area contributed by atoms with Crippen molar-refractivity contribution in [1.29, 1.82) is 0 Å². The third kappa shape index (κ3) is 4.04. The number of Topliss-reactive ketones (excluding diaryl/α,β-unsaturated/α-hetero) is 1. The lowest BCUT2D eigenvalue weighted by Gasteiger charge is -2.25. The first-order valence-electron chi connectivity index (χ1n) is 5.94. The number of benzene rings is 1. The second-order valence-electron chi connectivity index (χ2n) is 4.33. The molecule has 104 valence electrons. The minimum atomic E-state index is -0.288. The lowest BCUT2D eigenvalue weighted by Crippen LogP contribution is -2.38. The summed E-state index contributed by atoms with van der Waals surface area (Å²) in [7, 11) is 1.45. The summed E-state index contributed by atoms with van der Waals surface area (Å²) in [6.45, 7) is 3.76. The van der Waals surface area contributed by atoms with Gasteiger partial charge in [0.25, 0.3) is 0 Å². The molecule has 0 aliphatic rings. The maximum Gasteiger partial charge on any atom is 0.242 e. The summed E-state index contributed by atoms with van der Waals surface area (Å²) in [4.78, 5) is 25.1. The van der Waals surface area contributed by atoms with Crippen molar-refractivity contribution in [3.63, 3.8) is 0 Å². The van der Waals surface area contributed by atoms with Crippen molar-refractivity contribution in [2.24, 2.45) is 0 Å². The molecular formula is C14H18ClNO3. The van der Waals surface area contributed by atoms with Gasteiger partial charge in [0.1, 0.15) is 12.5 Å². The van der Waals surface area contributed by atoms with Crippen LogP contribution in [0.2, 0.25) is 0 Å². The van der Waals surface area contributed by atoms with Crippen LogP contribution in [0.3, 0.4) is 0 Å². The second kappa shape index (κ2) is 7.26. The smallest absolute Gasteiger partial charge is 0.242 e. The van der Waals surface area contributed by atoms with Gasteiger partial charge in [-0.2, -0.15) is 0 Å². The zero-order valence-corrected chi connectivity index (χ0v) is 12.2. The summed E-state index contributed by atoms with van der Waals surface area (Å²) in [5.41, 5.74) is 2.62. The number of hydrogen-bond donors (Lipinski definition) is 0. The number of para-hydroxylation sites is 1. The molecule has 1 aromatic carbocycles. The molecular weight excluding hydrogens is 266 g/mol. The van der Waals surface area contributed by atoms with E-state index in [9.17, 15) is 9.59 Å². The van der Waals surface area contributed by atoms with Crippen LogP contribution in [-0.2, 0) is 14.3 Å². The molecule has 0 heterocycles. The van der Waals surface area contributed by atoms with Gasteiger partial charge >= 0.3 is 0 Å². The molecule has 0 saturated carbocycles. The Morgan fingerprint density at radius 3 is 2.32 bits per heavy atom. The van der Waals surface area contributed by atoms with Crippen LogP contribution in [0.25, 0.3) is 0 Å². The van der Waals surface area contributed by atoms with Crippen molar-refractivity contribution in [2.75, 3.05) is 31.0 Å². The van der Waals surface area contributed by atoms with Gasteiger partial charge in [-0.25, -0.2) is 0 Å². The molecule has 0 N–H and O–H groups in total. The van der Waals surface area contributed by atoms with E-state index in [-0.39, 0.29) is 30.7 Å². The Labute approximate surface area is 118 Å². The van der Waals surface area contributed by atoms with E-state index in [0.717, 1.165) is 16.8 Å². The Bertz CT molecular complexity index is 454. The number of amides is 1. The van der Waals surface area contributed by atoms with Crippen molar-refractivity contribution >= 4 is 29.0 Å². The zero-order chi connectivity index (χ0) is 14.4. The number of rotatable bonds is 6. The van der Waals surface area contributed by atoms with Crippen molar-refractivity contribution in [3.8, 4) is 0 Å². The Morgan fingerprint density at radius 2 is 1.84 bits per heavy atom. The van der Waals surface area contributed by atoms with Gasteiger partial charge < -0.3 is 9.64 Å². The molecule has 19 heavy (non-hydrogen) atoms. The van der Waals surface area contributed by atoms with E-state index in [1.54, 1.807) is 0 Å². The van der Waals surface area contributed by atoms with Gasteiger partial charge in [-0.1, -0.05) is 18.2 Å². The van der Waals surface area contributed by atoms with Crippen LogP contribution in [0.1, 0.15) is 11.1 Å². The normalized spacial score (nSPS) is 10.3. The first kappa shape index (κ1) is 15.7. The molecule has 0 fully saturated rings. The van der Waals surface area contributed by atoms with Crippen molar-refractivity contribution < 1.29 is 14.3 Å². The molecule has 0 atom stereocenters. The molecule has 0 aliphatic carbocycles. The Morgan fingerprint density at radius 1 is 1.26 bits per heavy atom. The summed E-state index contributed by atoms with van der Waals surface area (Å²) in [6, 6.07) is 5.71. The van der Waals surface area contributed by atoms with Gasteiger partial charge in [-0.3, -0.25) is 9.59 Å². The van der Waals surface area contributed by atoms with Gasteiger partial charge in [0.2, 0.25) is 5.91 Å². The van der Waals surface area contributed by atoms with E-state index in [1.807, 2.05) is 32.0 Å². The number of aryl methyl sites for hydroxylation is 2. The molecule has 0 unspecified atom stereocenters.